The van der Waals surface area contributed by atoms with E-state index in [1.165, 1.54) is 6.07 Å². The summed E-state index contributed by atoms with van der Waals surface area (Å²) in [5.41, 5.74) is 3.45. The lowest BCUT2D eigenvalue weighted by Gasteiger charge is -2.09. The molecular weight excluding hydrogens is 295 g/mol. The van der Waals surface area contributed by atoms with Crippen molar-refractivity contribution < 1.29 is 9.18 Å². The zero-order valence-electron chi connectivity index (χ0n) is 13.4. The van der Waals surface area contributed by atoms with Crippen molar-refractivity contribution in [3.63, 3.8) is 0 Å². The van der Waals surface area contributed by atoms with E-state index in [2.05, 4.69) is 15.4 Å². The lowest BCUT2D eigenvalue weighted by atomic mass is 10.1. The average molecular weight is 312 g/mol. The Hall–Kier alpha value is -2.76. The van der Waals surface area contributed by atoms with E-state index in [0.717, 1.165) is 5.56 Å². The molecule has 118 valence electrons. The molecule has 3 rings (SSSR count). The predicted molar refractivity (Wildman–Crippen MR) is 87.1 cm³/mol. The van der Waals surface area contributed by atoms with Gasteiger partial charge in [-0.25, -0.2) is 9.37 Å². The van der Waals surface area contributed by atoms with Gasteiger partial charge in [0.25, 0.3) is 5.91 Å². The van der Waals surface area contributed by atoms with Crippen LogP contribution in [0.2, 0.25) is 0 Å². The van der Waals surface area contributed by atoms with E-state index in [0.29, 0.717) is 28.0 Å². The largest absolute Gasteiger partial charge is 0.319 e. The van der Waals surface area contributed by atoms with Gasteiger partial charge in [-0.15, -0.1) is 0 Å². The van der Waals surface area contributed by atoms with Crippen LogP contribution in [0, 0.1) is 26.6 Å². The third kappa shape index (κ3) is 2.67. The Morgan fingerprint density at radius 1 is 1.22 bits per heavy atom. The van der Waals surface area contributed by atoms with Gasteiger partial charge in [0.1, 0.15) is 5.82 Å². The maximum atomic E-state index is 14.0. The quantitative estimate of drug-likeness (QED) is 0.790. The number of nitrogens with one attached hydrogen (secondary N) is 1. The van der Waals surface area contributed by atoms with Crippen LogP contribution in [0.1, 0.15) is 27.3 Å². The number of fused-ring (bicyclic) bond motifs is 1. The summed E-state index contributed by atoms with van der Waals surface area (Å²) in [5, 5.41) is 7.62. The molecule has 1 amide bonds. The number of anilines is 1. The Balaban J connectivity index is 2.07. The molecule has 0 fully saturated rings. The van der Waals surface area contributed by atoms with Crippen molar-refractivity contribution in [3.8, 4) is 0 Å². The molecule has 1 N–H and O–H groups in total. The molecule has 5 nitrogen and oxygen atoms in total. The van der Waals surface area contributed by atoms with Crippen molar-refractivity contribution in [1.82, 2.24) is 14.8 Å². The normalized spacial score (nSPS) is 11.0. The van der Waals surface area contributed by atoms with Crippen LogP contribution in [0.15, 0.2) is 24.3 Å². The maximum absolute atomic E-state index is 14.0. The van der Waals surface area contributed by atoms with Crippen LogP contribution in [0.3, 0.4) is 0 Å². The summed E-state index contributed by atoms with van der Waals surface area (Å²) in [5.74, 6) is -0.831. The van der Waals surface area contributed by atoms with Gasteiger partial charge in [0.2, 0.25) is 0 Å². The number of pyridine rings is 1. The van der Waals surface area contributed by atoms with E-state index in [1.807, 2.05) is 13.8 Å². The monoisotopic (exact) mass is 312 g/mol. The number of halogens is 1. The van der Waals surface area contributed by atoms with Crippen LogP contribution < -0.4 is 5.32 Å². The van der Waals surface area contributed by atoms with E-state index < -0.39 is 5.82 Å². The topological polar surface area (TPSA) is 59.8 Å². The molecule has 1 aromatic carbocycles. The molecule has 6 heteroatoms. The SMILES string of the molecule is Cc1ccc(NC(=O)c2cc(C)nc3c2c(C)nn3C)c(F)c1. The molecule has 0 spiro atoms. The molecule has 0 bridgehead atoms. The minimum atomic E-state index is -0.455. The second kappa shape index (κ2) is 5.46. The molecule has 0 aliphatic heterocycles. The lowest BCUT2D eigenvalue weighted by molar-refractivity contribution is 0.102. The molecule has 0 atom stereocenters. The van der Waals surface area contributed by atoms with Crippen LogP contribution >= 0.6 is 0 Å². The van der Waals surface area contributed by atoms with Crippen LogP contribution in [0.5, 0.6) is 0 Å². The number of rotatable bonds is 2. The molecule has 0 saturated carbocycles. The average Bonchev–Trinajstić information content (AvgIpc) is 2.76. The smallest absolute Gasteiger partial charge is 0.256 e. The number of carbonyl (C=O) groups excluding carboxylic acids is 1. The second-order valence-electron chi connectivity index (χ2n) is 5.66. The first-order valence-corrected chi connectivity index (χ1v) is 7.25. The maximum Gasteiger partial charge on any atom is 0.256 e. The van der Waals surface area contributed by atoms with E-state index in [9.17, 15) is 9.18 Å². The fraction of sp³-hybridized carbons (Fsp3) is 0.235. The van der Waals surface area contributed by atoms with Crippen LogP contribution in [-0.2, 0) is 7.05 Å². The Morgan fingerprint density at radius 3 is 2.65 bits per heavy atom. The Kier molecular flexibility index (Phi) is 3.60. The highest BCUT2D eigenvalue weighted by Crippen LogP contribution is 2.23. The van der Waals surface area contributed by atoms with Crippen molar-refractivity contribution in [3.05, 3.63) is 52.6 Å². The third-order valence-electron chi connectivity index (χ3n) is 3.71. The van der Waals surface area contributed by atoms with Gasteiger partial charge in [0.15, 0.2) is 5.65 Å². The summed E-state index contributed by atoms with van der Waals surface area (Å²) in [6, 6.07) is 6.39. The zero-order valence-corrected chi connectivity index (χ0v) is 13.4. The first-order valence-electron chi connectivity index (χ1n) is 7.25. The number of nitrogens with zero attached hydrogens (tertiary/aromatic N) is 3. The molecular formula is C17H17FN4O. The summed E-state index contributed by atoms with van der Waals surface area (Å²) >= 11 is 0. The van der Waals surface area contributed by atoms with Crippen LogP contribution in [0.4, 0.5) is 10.1 Å². The predicted octanol–water partition coefficient (Wildman–Crippen LogP) is 3.28. The molecule has 23 heavy (non-hydrogen) atoms. The lowest BCUT2D eigenvalue weighted by Crippen LogP contribution is -2.14. The third-order valence-corrected chi connectivity index (χ3v) is 3.71. The molecule has 3 aromatic rings. The highest BCUT2D eigenvalue weighted by molar-refractivity contribution is 6.12. The number of hydrogen-bond acceptors (Lipinski definition) is 3. The summed E-state index contributed by atoms with van der Waals surface area (Å²) in [4.78, 5) is 17.1. The molecule has 0 aliphatic carbocycles. The highest BCUT2D eigenvalue weighted by atomic mass is 19.1. The van der Waals surface area contributed by atoms with Gasteiger partial charge >= 0.3 is 0 Å². The molecule has 0 saturated heterocycles. The summed E-state index contributed by atoms with van der Waals surface area (Å²) in [6.45, 7) is 5.43. The summed E-state index contributed by atoms with van der Waals surface area (Å²) in [7, 11) is 1.78. The summed E-state index contributed by atoms with van der Waals surface area (Å²) < 4.78 is 15.6. The van der Waals surface area contributed by atoms with Crippen LogP contribution in [-0.4, -0.2) is 20.7 Å². The fourth-order valence-electron chi connectivity index (χ4n) is 2.66. The number of aromatic nitrogens is 3. The highest BCUT2D eigenvalue weighted by Gasteiger charge is 2.18. The van der Waals surface area contributed by atoms with Crippen molar-refractivity contribution in [2.24, 2.45) is 7.05 Å². The molecule has 0 unspecified atom stereocenters. The minimum Gasteiger partial charge on any atom is -0.319 e. The van der Waals surface area contributed by atoms with E-state index in [-0.39, 0.29) is 11.6 Å². The number of hydrogen-bond donors (Lipinski definition) is 1. The summed E-state index contributed by atoms with van der Waals surface area (Å²) in [6.07, 6.45) is 0. The number of aryl methyl sites for hydroxylation is 4. The van der Waals surface area contributed by atoms with Gasteiger partial charge in [-0.05, 0) is 44.5 Å². The molecule has 0 radical (unpaired) electrons. The number of benzene rings is 1. The van der Waals surface area contributed by atoms with Gasteiger partial charge in [-0.2, -0.15) is 5.10 Å². The second-order valence-corrected chi connectivity index (χ2v) is 5.66. The van der Waals surface area contributed by atoms with E-state index in [1.54, 1.807) is 36.9 Å². The van der Waals surface area contributed by atoms with Crippen molar-refractivity contribution in [2.75, 3.05) is 5.32 Å². The molecule has 0 aliphatic rings. The van der Waals surface area contributed by atoms with Gasteiger partial charge in [0, 0.05) is 12.7 Å². The van der Waals surface area contributed by atoms with Crippen molar-refractivity contribution in [1.29, 1.82) is 0 Å². The first-order chi connectivity index (χ1) is 10.9. The van der Waals surface area contributed by atoms with Gasteiger partial charge < -0.3 is 5.32 Å². The zero-order chi connectivity index (χ0) is 16.7. The molecule has 2 aromatic heterocycles. The van der Waals surface area contributed by atoms with Gasteiger partial charge in [-0.1, -0.05) is 6.07 Å². The van der Waals surface area contributed by atoms with Gasteiger partial charge in [0.05, 0.1) is 22.3 Å². The molecule has 2 heterocycles. The Morgan fingerprint density at radius 2 is 1.96 bits per heavy atom. The number of amides is 1. The minimum absolute atomic E-state index is 0.157. The van der Waals surface area contributed by atoms with Crippen LogP contribution in [0.25, 0.3) is 11.0 Å². The fourth-order valence-corrected chi connectivity index (χ4v) is 2.66. The van der Waals surface area contributed by atoms with Crippen molar-refractivity contribution in [2.45, 2.75) is 20.8 Å². The van der Waals surface area contributed by atoms with Crippen molar-refractivity contribution >= 4 is 22.6 Å². The number of carbonyl (C=O) groups is 1. The van der Waals surface area contributed by atoms with Gasteiger partial charge in [-0.3, -0.25) is 9.48 Å². The van der Waals surface area contributed by atoms with E-state index >= 15 is 0 Å². The Bertz CT molecular complexity index is 930. The first kappa shape index (κ1) is 15.1. The van der Waals surface area contributed by atoms with E-state index in [4.69, 9.17) is 0 Å². The Labute approximate surface area is 133 Å². The standard InChI is InChI=1S/C17H17FN4O/c1-9-5-6-14(13(18)7-9)20-17(23)12-8-10(2)19-16-15(12)11(3)21-22(16)4/h5-8H,1-4H3,(H,20,23).